The van der Waals surface area contributed by atoms with Crippen LogP contribution in [0, 0.1) is 5.41 Å². The number of imide groups is 1. The van der Waals surface area contributed by atoms with E-state index in [-0.39, 0.29) is 17.2 Å². The van der Waals surface area contributed by atoms with Crippen molar-refractivity contribution < 1.29 is 33.3 Å². The van der Waals surface area contributed by atoms with Gasteiger partial charge in [0.25, 0.3) is 0 Å². The first-order valence-corrected chi connectivity index (χ1v) is 17.5. The van der Waals surface area contributed by atoms with Gasteiger partial charge in [-0.05, 0) is 89.4 Å². The Bertz CT molecular complexity index is 2160. The molecule has 8 rings (SSSR count). The van der Waals surface area contributed by atoms with Crippen LogP contribution in [-0.2, 0) is 24.4 Å². The third-order valence-electron chi connectivity index (χ3n) is 9.90. The summed E-state index contributed by atoms with van der Waals surface area (Å²) in [7, 11) is 1.55. The molecule has 3 fully saturated rings. The fourth-order valence-corrected chi connectivity index (χ4v) is 7.72. The summed E-state index contributed by atoms with van der Waals surface area (Å²) < 4.78 is 23.5. The van der Waals surface area contributed by atoms with Gasteiger partial charge in [-0.3, -0.25) is 4.79 Å². The molecule has 52 heavy (non-hydrogen) atoms. The number of carbonyl (C=O) groups excluding carboxylic acids is 3. The number of carbonyl (C=O) groups is 3. The molecule has 2 aromatic carbocycles. The maximum atomic E-state index is 14.3. The molecule has 2 amide bonds. The SMILES string of the molecule is COc1ccc2c(c1)[C@]1(C[C@H]1c1ccc3c(Nc4ncnc(N5CC6(COC6)C5)c4Cl)nn(C(=O)OC(C)(C)C)c3c1)C(=O)N2C(=O)OC(C)(C)C. The summed E-state index contributed by atoms with van der Waals surface area (Å²) in [5.74, 6) is 1.15. The standard InChI is InChI=1S/C37H40ClN7O7/c1-34(2,3)51-32(47)44-25-11-9-21(49-7)13-23(25)37(31(44)46)14-24(37)20-8-10-22-26(12-20)45(33(48)52-35(4,5)6)42-28(22)41-29-27(38)30(40-19-39-29)43-15-36(16-43)17-50-18-36/h8-13,19,24H,14-18H2,1-7H3,(H,39,40,41,42)/t24-,37-/m0/s1. The monoisotopic (exact) mass is 729 g/mol. The summed E-state index contributed by atoms with van der Waals surface area (Å²) in [5.41, 5.74) is -0.0858. The van der Waals surface area contributed by atoms with Crippen molar-refractivity contribution in [1.29, 1.82) is 0 Å². The summed E-state index contributed by atoms with van der Waals surface area (Å²) in [5, 5.41) is 8.81. The summed E-state index contributed by atoms with van der Waals surface area (Å²) in [4.78, 5) is 53.4. The molecule has 5 heterocycles. The van der Waals surface area contributed by atoms with E-state index in [1.807, 2.05) is 24.3 Å². The number of nitrogens with zero attached hydrogens (tertiary/aromatic N) is 6. The Morgan fingerprint density at radius 2 is 1.67 bits per heavy atom. The van der Waals surface area contributed by atoms with E-state index in [0.717, 1.165) is 36.8 Å². The average molecular weight is 730 g/mol. The average Bonchev–Trinajstić information content (AvgIpc) is 3.61. The van der Waals surface area contributed by atoms with Gasteiger partial charge >= 0.3 is 12.2 Å². The normalized spacial score (nSPS) is 21.5. The van der Waals surface area contributed by atoms with E-state index in [9.17, 15) is 14.4 Å². The number of ether oxygens (including phenoxy) is 4. The Morgan fingerprint density at radius 3 is 2.33 bits per heavy atom. The third kappa shape index (κ3) is 5.50. The summed E-state index contributed by atoms with van der Waals surface area (Å²) in [6.07, 6.45) is 0.457. The topological polar surface area (TPSA) is 150 Å². The van der Waals surface area contributed by atoms with Gasteiger partial charge in [0, 0.05) is 24.4 Å². The fraction of sp³-hybridized carbons (Fsp3) is 0.459. The van der Waals surface area contributed by atoms with Crippen molar-refractivity contribution in [2.75, 3.05) is 48.5 Å². The number of hydrogen-bond acceptors (Lipinski definition) is 12. The molecular formula is C37H40ClN7O7. The van der Waals surface area contributed by atoms with E-state index in [0.29, 0.717) is 56.8 Å². The van der Waals surface area contributed by atoms with E-state index in [1.165, 1.54) is 11.0 Å². The molecule has 272 valence electrons. The number of rotatable bonds is 5. The third-order valence-corrected chi connectivity index (χ3v) is 10.2. The number of anilines is 4. The minimum absolute atomic E-state index is 0.160. The fourth-order valence-electron chi connectivity index (χ4n) is 7.46. The molecule has 0 radical (unpaired) electrons. The number of aromatic nitrogens is 4. The number of halogens is 1. The number of hydrogen-bond donors (Lipinski definition) is 1. The van der Waals surface area contributed by atoms with Crippen molar-refractivity contribution in [3.8, 4) is 5.75 Å². The molecule has 4 aliphatic rings. The molecule has 2 saturated heterocycles. The lowest BCUT2D eigenvalue weighted by molar-refractivity contribution is -0.127. The molecular weight excluding hydrogens is 690 g/mol. The van der Waals surface area contributed by atoms with Crippen molar-refractivity contribution in [2.24, 2.45) is 5.41 Å². The van der Waals surface area contributed by atoms with Crippen LogP contribution in [0.4, 0.5) is 32.7 Å². The van der Waals surface area contributed by atoms with Crippen LogP contribution in [0.3, 0.4) is 0 Å². The molecule has 4 aromatic rings. The molecule has 0 unspecified atom stereocenters. The molecule has 1 N–H and O–H groups in total. The molecule has 2 spiro atoms. The van der Waals surface area contributed by atoms with Crippen molar-refractivity contribution in [2.45, 2.75) is 70.5 Å². The Hall–Kier alpha value is -4.95. The van der Waals surface area contributed by atoms with Gasteiger partial charge in [0.2, 0.25) is 5.91 Å². The first kappa shape index (κ1) is 34.2. The highest BCUT2D eigenvalue weighted by molar-refractivity contribution is 6.35. The second kappa shape index (κ2) is 11.5. The molecule has 14 nitrogen and oxygen atoms in total. The predicted molar refractivity (Wildman–Crippen MR) is 193 cm³/mol. The highest BCUT2D eigenvalue weighted by Crippen LogP contribution is 2.67. The number of nitrogens with one attached hydrogen (secondary N) is 1. The van der Waals surface area contributed by atoms with Crippen LogP contribution in [0.25, 0.3) is 10.9 Å². The molecule has 1 saturated carbocycles. The van der Waals surface area contributed by atoms with Crippen LogP contribution in [0.5, 0.6) is 5.75 Å². The van der Waals surface area contributed by atoms with Crippen molar-refractivity contribution in [3.63, 3.8) is 0 Å². The van der Waals surface area contributed by atoms with Gasteiger partial charge in [-0.2, -0.15) is 4.68 Å². The molecule has 0 bridgehead atoms. The van der Waals surface area contributed by atoms with Gasteiger partial charge < -0.3 is 29.2 Å². The lowest BCUT2D eigenvalue weighted by Crippen LogP contribution is -2.66. The number of methoxy groups -OCH3 is 1. The zero-order valence-electron chi connectivity index (χ0n) is 30.1. The first-order valence-electron chi connectivity index (χ1n) is 17.1. The van der Waals surface area contributed by atoms with Crippen LogP contribution >= 0.6 is 11.6 Å². The van der Waals surface area contributed by atoms with Crippen molar-refractivity contribution >= 4 is 63.7 Å². The van der Waals surface area contributed by atoms with E-state index in [2.05, 4.69) is 25.3 Å². The second-order valence-corrected chi connectivity index (χ2v) is 16.5. The van der Waals surface area contributed by atoms with Gasteiger partial charge in [0.1, 0.15) is 28.3 Å². The summed E-state index contributed by atoms with van der Waals surface area (Å²) in [6, 6.07) is 10.8. The summed E-state index contributed by atoms with van der Waals surface area (Å²) in [6.45, 7) is 13.6. The van der Waals surface area contributed by atoms with Crippen LogP contribution in [0.15, 0.2) is 42.7 Å². The maximum Gasteiger partial charge on any atom is 0.435 e. The molecule has 15 heteroatoms. The van der Waals surface area contributed by atoms with Gasteiger partial charge in [-0.15, -0.1) is 5.10 Å². The maximum absolute atomic E-state index is 14.3. The second-order valence-electron chi connectivity index (χ2n) is 16.1. The van der Waals surface area contributed by atoms with Crippen LogP contribution in [0.1, 0.15) is 65.0 Å². The zero-order chi connectivity index (χ0) is 37.0. The minimum Gasteiger partial charge on any atom is -0.497 e. The van der Waals surface area contributed by atoms with Gasteiger partial charge in [-0.25, -0.2) is 24.5 Å². The van der Waals surface area contributed by atoms with E-state index >= 15 is 0 Å². The highest BCUT2D eigenvalue weighted by Gasteiger charge is 2.68. The Labute approximate surface area is 305 Å². The van der Waals surface area contributed by atoms with Crippen molar-refractivity contribution in [3.05, 3.63) is 58.9 Å². The molecule has 3 aliphatic heterocycles. The smallest absolute Gasteiger partial charge is 0.435 e. The molecule has 1 aliphatic carbocycles. The molecule has 2 atom stereocenters. The van der Waals surface area contributed by atoms with Crippen LogP contribution < -0.4 is 19.9 Å². The lowest BCUT2D eigenvalue weighted by Gasteiger charge is -2.55. The van der Waals surface area contributed by atoms with Crippen LogP contribution in [-0.4, -0.2) is 82.5 Å². The largest absolute Gasteiger partial charge is 0.497 e. The van der Waals surface area contributed by atoms with Gasteiger partial charge in [0.15, 0.2) is 17.5 Å². The van der Waals surface area contributed by atoms with E-state index < -0.39 is 28.8 Å². The lowest BCUT2D eigenvalue weighted by atomic mass is 9.78. The number of benzene rings is 2. The van der Waals surface area contributed by atoms with Crippen LogP contribution in [0.2, 0.25) is 5.02 Å². The van der Waals surface area contributed by atoms with Gasteiger partial charge in [-0.1, -0.05) is 17.7 Å². The van der Waals surface area contributed by atoms with E-state index in [1.54, 1.807) is 60.8 Å². The van der Waals surface area contributed by atoms with Crippen molar-refractivity contribution in [1.82, 2.24) is 19.7 Å². The predicted octanol–water partition coefficient (Wildman–Crippen LogP) is 6.56. The quantitative estimate of drug-likeness (QED) is 0.237. The Balaban J connectivity index is 1.16. The minimum atomic E-state index is -1.03. The zero-order valence-corrected chi connectivity index (χ0v) is 30.8. The van der Waals surface area contributed by atoms with Gasteiger partial charge in [0.05, 0.1) is 42.4 Å². The Kier molecular flexibility index (Phi) is 7.57. The number of amides is 2. The Morgan fingerprint density at radius 1 is 0.962 bits per heavy atom. The highest BCUT2D eigenvalue weighted by atomic mass is 35.5. The molecule has 2 aromatic heterocycles. The summed E-state index contributed by atoms with van der Waals surface area (Å²) >= 11 is 6.85. The van der Waals surface area contributed by atoms with E-state index in [4.69, 9.17) is 30.5 Å². The first-order chi connectivity index (χ1) is 24.5. The number of fused-ring (bicyclic) bond motifs is 3.